The Hall–Kier alpha value is -2.69. The van der Waals surface area contributed by atoms with Gasteiger partial charge in [0.1, 0.15) is 17.7 Å². The fourth-order valence-electron chi connectivity index (χ4n) is 3.23. The van der Waals surface area contributed by atoms with Crippen LogP contribution in [0.15, 0.2) is 42.5 Å². The van der Waals surface area contributed by atoms with Gasteiger partial charge in [0, 0.05) is 17.3 Å². The van der Waals surface area contributed by atoms with Crippen molar-refractivity contribution in [2.24, 2.45) is 0 Å². The van der Waals surface area contributed by atoms with Crippen LogP contribution in [0.1, 0.15) is 41.9 Å². The van der Waals surface area contributed by atoms with Crippen LogP contribution in [0.25, 0.3) is 0 Å². The predicted molar refractivity (Wildman–Crippen MR) is 91.3 cm³/mol. The number of carbonyl (C=O) groups excluding carboxylic acids is 1. The summed E-state index contributed by atoms with van der Waals surface area (Å²) in [5, 5.41) is 13.8. The number of benzene rings is 2. The van der Waals surface area contributed by atoms with Gasteiger partial charge in [0.25, 0.3) is 5.91 Å². The molecule has 2 N–H and O–H groups in total. The lowest BCUT2D eigenvalue weighted by atomic mass is 10.0. The minimum absolute atomic E-state index is 0.0121. The lowest BCUT2D eigenvalue weighted by Gasteiger charge is -2.38. The van der Waals surface area contributed by atoms with E-state index >= 15 is 0 Å². The van der Waals surface area contributed by atoms with Crippen molar-refractivity contribution in [3.8, 4) is 11.5 Å². The van der Waals surface area contributed by atoms with Crippen LogP contribution in [-0.4, -0.2) is 28.6 Å². The molecule has 2 aliphatic rings. The molecule has 2 aromatic carbocycles. The number of hydrogen-bond donors (Lipinski definition) is 2. The molecule has 0 aromatic heterocycles. The summed E-state index contributed by atoms with van der Waals surface area (Å²) in [7, 11) is 0. The van der Waals surface area contributed by atoms with E-state index in [9.17, 15) is 9.90 Å². The van der Waals surface area contributed by atoms with E-state index in [0.717, 1.165) is 18.5 Å². The zero-order valence-electron chi connectivity index (χ0n) is 13.5. The molecule has 0 radical (unpaired) electrons. The number of nitrogens with zero attached hydrogens (tertiary/aromatic N) is 1. The fraction of sp³-hybridized carbons (Fsp3) is 0.316. The monoisotopic (exact) mass is 324 g/mol. The number of phenolic OH excluding ortho intramolecular Hbond substituents is 1. The summed E-state index contributed by atoms with van der Waals surface area (Å²) in [4.78, 5) is 14.8. The van der Waals surface area contributed by atoms with Gasteiger partial charge in [-0.1, -0.05) is 12.1 Å². The van der Waals surface area contributed by atoms with Gasteiger partial charge < -0.3 is 20.1 Å². The maximum atomic E-state index is 13.0. The molecule has 5 heteroatoms. The first kappa shape index (κ1) is 14.9. The van der Waals surface area contributed by atoms with Crippen LogP contribution in [-0.2, 0) is 0 Å². The van der Waals surface area contributed by atoms with E-state index in [0.29, 0.717) is 23.5 Å². The SMILES string of the molecule is CCOc1ccc(O)c([C@H]2Nc3ccccc3C(=O)N2C2CC2)c1. The van der Waals surface area contributed by atoms with Gasteiger partial charge in [-0.2, -0.15) is 0 Å². The summed E-state index contributed by atoms with van der Waals surface area (Å²) in [6.07, 6.45) is 1.61. The second kappa shape index (κ2) is 5.74. The van der Waals surface area contributed by atoms with Crippen LogP contribution >= 0.6 is 0 Å². The van der Waals surface area contributed by atoms with Crippen molar-refractivity contribution in [3.63, 3.8) is 0 Å². The van der Waals surface area contributed by atoms with Crippen molar-refractivity contribution in [1.82, 2.24) is 4.90 Å². The van der Waals surface area contributed by atoms with Gasteiger partial charge in [-0.05, 0) is 50.1 Å². The molecule has 1 atom stereocenters. The van der Waals surface area contributed by atoms with E-state index < -0.39 is 0 Å². The molecule has 124 valence electrons. The van der Waals surface area contributed by atoms with Gasteiger partial charge in [-0.3, -0.25) is 4.79 Å². The van der Waals surface area contributed by atoms with Crippen molar-refractivity contribution >= 4 is 11.6 Å². The molecule has 5 nitrogen and oxygen atoms in total. The highest BCUT2D eigenvalue weighted by Gasteiger charge is 2.42. The largest absolute Gasteiger partial charge is 0.508 e. The van der Waals surface area contributed by atoms with Crippen LogP contribution in [0.2, 0.25) is 0 Å². The van der Waals surface area contributed by atoms with Crippen molar-refractivity contribution < 1.29 is 14.6 Å². The first-order valence-electron chi connectivity index (χ1n) is 8.33. The first-order valence-corrected chi connectivity index (χ1v) is 8.33. The Morgan fingerprint density at radius 1 is 1.25 bits per heavy atom. The minimum atomic E-state index is -0.389. The lowest BCUT2D eigenvalue weighted by molar-refractivity contribution is 0.0664. The Bertz CT molecular complexity index is 786. The maximum Gasteiger partial charge on any atom is 0.258 e. The van der Waals surface area contributed by atoms with E-state index in [1.54, 1.807) is 12.1 Å². The van der Waals surface area contributed by atoms with Gasteiger partial charge >= 0.3 is 0 Å². The molecule has 0 saturated heterocycles. The number of ether oxygens (including phenoxy) is 1. The van der Waals surface area contributed by atoms with Gasteiger partial charge in [-0.15, -0.1) is 0 Å². The number of rotatable bonds is 4. The average molecular weight is 324 g/mol. The van der Waals surface area contributed by atoms with Crippen LogP contribution in [0.5, 0.6) is 11.5 Å². The van der Waals surface area contributed by atoms with E-state index in [-0.39, 0.29) is 23.9 Å². The fourth-order valence-corrected chi connectivity index (χ4v) is 3.23. The van der Waals surface area contributed by atoms with Gasteiger partial charge in [0.2, 0.25) is 0 Å². The van der Waals surface area contributed by atoms with Crippen LogP contribution in [0, 0.1) is 0 Å². The second-order valence-corrected chi connectivity index (χ2v) is 6.19. The molecule has 0 bridgehead atoms. The van der Waals surface area contributed by atoms with Gasteiger partial charge in [0.15, 0.2) is 0 Å². The van der Waals surface area contributed by atoms with Crippen molar-refractivity contribution in [3.05, 3.63) is 53.6 Å². The van der Waals surface area contributed by atoms with Crippen LogP contribution < -0.4 is 10.1 Å². The number of para-hydroxylation sites is 1. The third-order valence-corrected chi connectivity index (χ3v) is 4.51. The summed E-state index contributed by atoms with van der Waals surface area (Å²) in [6, 6.07) is 12.9. The normalized spacial score (nSPS) is 19.6. The van der Waals surface area contributed by atoms with Gasteiger partial charge in [0.05, 0.1) is 12.2 Å². The Morgan fingerprint density at radius 2 is 2.04 bits per heavy atom. The quantitative estimate of drug-likeness (QED) is 0.903. The van der Waals surface area contributed by atoms with Crippen molar-refractivity contribution in [2.45, 2.75) is 32.0 Å². The van der Waals surface area contributed by atoms with E-state index in [1.807, 2.05) is 42.2 Å². The molecule has 0 unspecified atom stereocenters. The van der Waals surface area contributed by atoms with E-state index in [4.69, 9.17) is 4.74 Å². The highest BCUT2D eigenvalue weighted by atomic mass is 16.5. The summed E-state index contributed by atoms with van der Waals surface area (Å²) >= 11 is 0. The molecule has 1 aliphatic carbocycles. The molecule has 1 amide bonds. The van der Waals surface area contributed by atoms with Crippen LogP contribution in [0.3, 0.4) is 0 Å². The second-order valence-electron chi connectivity index (χ2n) is 6.19. The third-order valence-electron chi connectivity index (χ3n) is 4.51. The van der Waals surface area contributed by atoms with Crippen molar-refractivity contribution in [2.75, 3.05) is 11.9 Å². The van der Waals surface area contributed by atoms with Crippen LogP contribution in [0.4, 0.5) is 5.69 Å². The molecular weight excluding hydrogens is 304 g/mol. The van der Waals surface area contributed by atoms with E-state index in [1.165, 1.54) is 0 Å². The lowest BCUT2D eigenvalue weighted by Crippen LogP contribution is -2.44. The number of aromatic hydroxyl groups is 1. The highest BCUT2D eigenvalue weighted by molar-refractivity contribution is 6.02. The zero-order chi connectivity index (χ0) is 16.7. The predicted octanol–water partition coefficient (Wildman–Crippen LogP) is 3.52. The summed E-state index contributed by atoms with van der Waals surface area (Å²) in [5.41, 5.74) is 2.14. The van der Waals surface area contributed by atoms with Crippen molar-refractivity contribution in [1.29, 1.82) is 0 Å². The molecule has 4 rings (SSSR count). The summed E-state index contributed by atoms with van der Waals surface area (Å²) in [6.45, 7) is 2.47. The molecule has 1 fully saturated rings. The highest BCUT2D eigenvalue weighted by Crippen LogP contribution is 2.43. The third kappa shape index (κ3) is 2.46. The maximum absolute atomic E-state index is 13.0. The number of amides is 1. The summed E-state index contributed by atoms with van der Waals surface area (Å²) < 4.78 is 5.56. The number of nitrogens with one attached hydrogen (secondary N) is 1. The Kier molecular flexibility index (Phi) is 3.56. The molecular formula is C19H20N2O3. The Balaban J connectivity index is 1.79. The Morgan fingerprint density at radius 3 is 2.79 bits per heavy atom. The number of hydrogen-bond acceptors (Lipinski definition) is 4. The minimum Gasteiger partial charge on any atom is -0.508 e. The summed E-state index contributed by atoms with van der Waals surface area (Å²) in [5.74, 6) is 0.862. The molecule has 1 aliphatic heterocycles. The average Bonchev–Trinajstić information content (AvgIpc) is 3.41. The molecule has 0 spiro atoms. The molecule has 1 heterocycles. The topological polar surface area (TPSA) is 61.8 Å². The molecule has 2 aromatic rings. The van der Waals surface area contributed by atoms with E-state index in [2.05, 4.69) is 5.32 Å². The Labute approximate surface area is 140 Å². The molecule has 24 heavy (non-hydrogen) atoms. The number of carbonyl (C=O) groups is 1. The zero-order valence-corrected chi connectivity index (χ0v) is 13.5. The molecule has 1 saturated carbocycles. The smallest absolute Gasteiger partial charge is 0.258 e. The first-order chi connectivity index (χ1) is 11.7. The number of anilines is 1. The van der Waals surface area contributed by atoms with Gasteiger partial charge in [-0.25, -0.2) is 0 Å². The standard InChI is InChI=1S/C19H20N2O3/c1-2-24-13-9-10-17(22)15(11-13)18-20-16-6-4-3-5-14(16)19(23)21(18)12-7-8-12/h3-6,9-12,18,20,22H,2,7-8H2,1H3/t18-/m0/s1. The number of fused-ring (bicyclic) bond motifs is 1. The number of phenols is 1.